The molecule has 0 bridgehead atoms. The van der Waals surface area contributed by atoms with Crippen molar-refractivity contribution in [1.82, 2.24) is 4.98 Å². The minimum atomic E-state index is -0.231. The van der Waals surface area contributed by atoms with Gasteiger partial charge in [-0.1, -0.05) is 13.8 Å². The average Bonchev–Trinajstić information content (AvgIpc) is 2.45. The molecule has 0 aromatic carbocycles. The lowest BCUT2D eigenvalue weighted by Crippen LogP contribution is -2.38. The standard InChI is InChI=1S/C18H28BrN3O2/c1-11(2)24-14(23)10-13-12(3)21-17(20)15(19)16(13)22-8-6-18(4,5)7-9-22/h11H,6-10H2,1-5H3,(H2,20,21). The molecule has 1 aliphatic heterocycles. The Morgan fingerprint density at radius 2 is 1.96 bits per heavy atom. The van der Waals surface area contributed by atoms with E-state index in [1.165, 1.54) is 0 Å². The number of carbonyl (C=O) groups is 1. The van der Waals surface area contributed by atoms with Gasteiger partial charge in [0.25, 0.3) is 0 Å². The van der Waals surface area contributed by atoms with Crippen molar-refractivity contribution in [3.05, 3.63) is 15.7 Å². The molecule has 2 heterocycles. The van der Waals surface area contributed by atoms with Crippen LogP contribution in [0.1, 0.15) is 51.8 Å². The Kier molecular flexibility index (Phi) is 5.78. The number of rotatable bonds is 4. The number of pyridine rings is 1. The highest BCUT2D eigenvalue weighted by Gasteiger charge is 2.29. The highest BCUT2D eigenvalue weighted by Crippen LogP contribution is 2.40. The van der Waals surface area contributed by atoms with Crippen LogP contribution >= 0.6 is 15.9 Å². The van der Waals surface area contributed by atoms with E-state index in [2.05, 4.69) is 39.7 Å². The first kappa shape index (κ1) is 19.0. The van der Waals surface area contributed by atoms with E-state index in [-0.39, 0.29) is 18.5 Å². The van der Waals surface area contributed by atoms with Crippen molar-refractivity contribution in [2.45, 2.75) is 60.0 Å². The first-order chi connectivity index (χ1) is 11.1. The predicted molar refractivity (Wildman–Crippen MR) is 101 cm³/mol. The molecule has 2 N–H and O–H groups in total. The molecule has 0 aliphatic carbocycles. The summed E-state index contributed by atoms with van der Waals surface area (Å²) < 4.78 is 6.10. The van der Waals surface area contributed by atoms with E-state index in [9.17, 15) is 4.79 Å². The Morgan fingerprint density at radius 3 is 2.50 bits per heavy atom. The van der Waals surface area contributed by atoms with Crippen LogP contribution in [-0.2, 0) is 16.0 Å². The second-order valence-corrected chi connectivity index (χ2v) is 8.38. The van der Waals surface area contributed by atoms with E-state index in [0.717, 1.165) is 47.3 Å². The van der Waals surface area contributed by atoms with Crippen molar-refractivity contribution in [1.29, 1.82) is 0 Å². The molecule has 0 atom stereocenters. The molecule has 1 fully saturated rings. The van der Waals surface area contributed by atoms with Gasteiger partial charge in [0.05, 0.1) is 22.7 Å². The van der Waals surface area contributed by atoms with Crippen LogP contribution in [0.4, 0.5) is 11.5 Å². The van der Waals surface area contributed by atoms with E-state index < -0.39 is 0 Å². The van der Waals surface area contributed by atoms with Gasteiger partial charge in [-0.2, -0.15) is 0 Å². The Bertz CT molecular complexity index is 619. The molecule has 1 aromatic heterocycles. The van der Waals surface area contributed by atoms with Gasteiger partial charge in [-0.25, -0.2) is 4.98 Å². The smallest absolute Gasteiger partial charge is 0.310 e. The molecule has 0 amide bonds. The summed E-state index contributed by atoms with van der Waals surface area (Å²) in [6.45, 7) is 12.1. The quantitative estimate of drug-likeness (QED) is 0.781. The van der Waals surface area contributed by atoms with Gasteiger partial charge in [0.1, 0.15) is 5.82 Å². The SMILES string of the molecule is Cc1nc(N)c(Br)c(N2CCC(C)(C)CC2)c1CC(=O)OC(C)C. The molecule has 1 saturated heterocycles. The number of nitrogen functional groups attached to an aromatic ring is 1. The van der Waals surface area contributed by atoms with Crippen LogP contribution in [0.5, 0.6) is 0 Å². The van der Waals surface area contributed by atoms with Gasteiger partial charge < -0.3 is 15.4 Å². The van der Waals surface area contributed by atoms with Crippen molar-refractivity contribution in [2.75, 3.05) is 23.7 Å². The number of nitrogens with zero attached hydrogens (tertiary/aromatic N) is 2. The minimum Gasteiger partial charge on any atom is -0.463 e. The van der Waals surface area contributed by atoms with Gasteiger partial charge in [-0.3, -0.25) is 4.79 Å². The maximum absolute atomic E-state index is 12.2. The number of esters is 1. The number of piperidine rings is 1. The molecule has 134 valence electrons. The van der Waals surface area contributed by atoms with Gasteiger partial charge in [-0.05, 0) is 55.0 Å². The molecular formula is C18H28BrN3O2. The molecule has 1 aliphatic rings. The number of hydrogen-bond donors (Lipinski definition) is 1. The van der Waals surface area contributed by atoms with Crippen LogP contribution in [0.25, 0.3) is 0 Å². The summed E-state index contributed by atoms with van der Waals surface area (Å²) in [6.07, 6.45) is 2.31. The molecule has 0 spiro atoms. The molecule has 1 aromatic rings. The van der Waals surface area contributed by atoms with Crippen LogP contribution in [0.15, 0.2) is 4.47 Å². The van der Waals surface area contributed by atoms with E-state index in [4.69, 9.17) is 10.5 Å². The first-order valence-electron chi connectivity index (χ1n) is 8.49. The highest BCUT2D eigenvalue weighted by atomic mass is 79.9. The van der Waals surface area contributed by atoms with Crippen molar-refractivity contribution in [3.8, 4) is 0 Å². The van der Waals surface area contributed by atoms with Crippen molar-refractivity contribution in [3.63, 3.8) is 0 Å². The summed E-state index contributed by atoms with van der Waals surface area (Å²) in [5.74, 6) is 0.235. The zero-order valence-electron chi connectivity index (χ0n) is 15.3. The second-order valence-electron chi connectivity index (χ2n) is 7.59. The van der Waals surface area contributed by atoms with Crippen LogP contribution < -0.4 is 10.6 Å². The summed E-state index contributed by atoms with van der Waals surface area (Å²) >= 11 is 3.59. The van der Waals surface area contributed by atoms with Gasteiger partial charge in [0.2, 0.25) is 0 Å². The summed E-state index contributed by atoms with van der Waals surface area (Å²) in [7, 11) is 0. The van der Waals surface area contributed by atoms with E-state index >= 15 is 0 Å². The summed E-state index contributed by atoms with van der Waals surface area (Å²) in [6, 6.07) is 0. The Balaban J connectivity index is 2.36. The Morgan fingerprint density at radius 1 is 1.38 bits per heavy atom. The Hall–Kier alpha value is -1.30. The molecule has 0 radical (unpaired) electrons. The fourth-order valence-electron chi connectivity index (χ4n) is 3.05. The summed E-state index contributed by atoms with van der Waals surface area (Å²) in [4.78, 5) is 18.9. The number of halogens is 1. The van der Waals surface area contributed by atoms with Crippen molar-refractivity contribution < 1.29 is 9.53 Å². The van der Waals surface area contributed by atoms with Crippen LogP contribution in [0.2, 0.25) is 0 Å². The fraction of sp³-hybridized carbons (Fsp3) is 0.667. The third-order valence-corrected chi connectivity index (χ3v) is 5.35. The average molecular weight is 398 g/mol. The number of aromatic nitrogens is 1. The van der Waals surface area contributed by atoms with Crippen LogP contribution in [-0.4, -0.2) is 30.1 Å². The molecule has 6 heteroatoms. The molecule has 24 heavy (non-hydrogen) atoms. The number of nitrogens with two attached hydrogens (primary N) is 1. The summed E-state index contributed by atoms with van der Waals surface area (Å²) in [5, 5.41) is 0. The maximum Gasteiger partial charge on any atom is 0.310 e. The lowest BCUT2D eigenvalue weighted by atomic mass is 9.82. The van der Waals surface area contributed by atoms with E-state index in [0.29, 0.717) is 11.2 Å². The number of ether oxygens (including phenoxy) is 1. The molecule has 0 unspecified atom stereocenters. The number of carbonyl (C=O) groups excluding carboxylic acids is 1. The van der Waals surface area contributed by atoms with Crippen molar-refractivity contribution in [2.24, 2.45) is 5.41 Å². The van der Waals surface area contributed by atoms with Crippen molar-refractivity contribution >= 4 is 33.4 Å². The van der Waals surface area contributed by atoms with Gasteiger partial charge >= 0.3 is 5.97 Å². The minimum absolute atomic E-state index is 0.123. The third-order valence-electron chi connectivity index (χ3n) is 4.57. The largest absolute Gasteiger partial charge is 0.463 e. The molecular weight excluding hydrogens is 370 g/mol. The van der Waals surface area contributed by atoms with Gasteiger partial charge in [0.15, 0.2) is 0 Å². The predicted octanol–water partition coefficient (Wildman–Crippen LogP) is 3.86. The fourth-order valence-corrected chi connectivity index (χ4v) is 3.63. The lowest BCUT2D eigenvalue weighted by Gasteiger charge is -2.39. The summed E-state index contributed by atoms with van der Waals surface area (Å²) in [5.41, 5.74) is 9.10. The van der Waals surface area contributed by atoms with Crippen LogP contribution in [0.3, 0.4) is 0 Å². The highest BCUT2D eigenvalue weighted by molar-refractivity contribution is 9.10. The zero-order chi connectivity index (χ0) is 18.1. The number of hydrogen-bond acceptors (Lipinski definition) is 5. The number of anilines is 2. The first-order valence-corrected chi connectivity index (χ1v) is 9.29. The maximum atomic E-state index is 12.2. The second kappa shape index (κ2) is 7.30. The van der Waals surface area contributed by atoms with E-state index in [1.807, 2.05) is 20.8 Å². The van der Waals surface area contributed by atoms with Gasteiger partial charge in [0, 0.05) is 24.3 Å². The lowest BCUT2D eigenvalue weighted by molar-refractivity contribution is -0.146. The zero-order valence-corrected chi connectivity index (χ0v) is 16.9. The normalized spacial score (nSPS) is 17.2. The van der Waals surface area contributed by atoms with Crippen LogP contribution in [0, 0.1) is 12.3 Å². The molecule has 0 saturated carbocycles. The van der Waals surface area contributed by atoms with Gasteiger partial charge in [-0.15, -0.1) is 0 Å². The topological polar surface area (TPSA) is 68.5 Å². The molecule has 2 rings (SSSR count). The molecule has 5 nitrogen and oxygen atoms in total. The van der Waals surface area contributed by atoms with E-state index in [1.54, 1.807) is 0 Å². The third kappa shape index (κ3) is 4.41. The monoisotopic (exact) mass is 397 g/mol. The number of aryl methyl sites for hydroxylation is 1. The Labute approximate surface area is 153 Å².